The number of hydrogen-bond acceptors (Lipinski definition) is 3. The Kier molecular flexibility index (Phi) is 5.40. The van der Waals surface area contributed by atoms with Gasteiger partial charge in [-0.25, -0.2) is 8.78 Å². The van der Waals surface area contributed by atoms with Crippen LogP contribution in [0.4, 0.5) is 8.78 Å². The second kappa shape index (κ2) is 7.72. The van der Waals surface area contributed by atoms with Gasteiger partial charge in [-0.15, -0.1) is 0 Å². The van der Waals surface area contributed by atoms with Crippen LogP contribution in [0.25, 0.3) is 0 Å². The Bertz CT molecular complexity index is 666. The second-order valence-corrected chi connectivity index (χ2v) is 6.21. The molecular formula is C19H20F2N2O2. The molecule has 1 heterocycles. The third-order valence-corrected chi connectivity index (χ3v) is 4.50. The van der Waals surface area contributed by atoms with Crippen molar-refractivity contribution in [2.75, 3.05) is 32.7 Å². The van der Waals surface area contributed by atoms with Gasteiger partial charge in [0.05, 0.1) is 12.6 Å². The minimum atomic E-state index is -0.831. The highest BCUT2D eigenvalue weighted by Gasteiger charge is 2.27. The van der Waals surface area contributed by atoms with Crippen molar-refractivity contribution in [3.63, 3.8) is 0 Å². The fourth-order valence-corrected chi connectivity index (χ4v) is 3.28. The molecule has 1 N–H and O–H groups in total. The minimum absolute atomic E-state index is 0.0333. The molecular weight excluding hydrogens is 326 g/mol. The summed E-state index contributed by atoms with van der Waals surface area (Å²) >= 11 is 0. The lowest BCUT2D eigenvalue weighted by atomic mass is 9.96. The molecule has 1 fully saturated rings. The van der Waals surface area contributed by atoms with Gasteiger partial charge in [-0.3, -0.25) is 14.6 Å². The highest BCUT2D eigenvalue weighted by atomic mass is 19.1. The van der Waals surface area contributed by atoms with Crippen LogP contribution in [0.1, 0.15) is 17.2 Å². The summed E-state index contributed by atoms with van der Waals surface area (Å²) in [5.41, 5.74) is 1.86. The van der Waals surface area contributed by atoms with Gasteiger partial charge in [0.2, 0.25) is 0 Å². The van der Waals surface area contributed by atoms with E-state index in [1.54, 1.807) is 24.3 Å². The van der Waals surface area contributed by atoms with E-state index in [0.717, 1.165) is 11.1 Å². The third-order valence-electron chi connectivity index (χ3n) is 4.50. The molecule has 1 aliphatic rings. The first kappa shape index (κ1) is 17.5. The first-order valence-electron chi connectivity index (χ1n) is 8.22. The zero-order valence-corrected chi connectivity index (χ0v) is 13.7. The Morgan fingerprint density at radius 1 is 0.880 bits per heavy atom. The normalized spacial score (nSPS) is 16.3. The average molecular weight is 346 g/mol. The number of rotatable bonds is 5. The summed E-state index contributed by atoms with van der Waals surface area (Å²) in [4.78, 5) is 15.0. The van der Waals surface area contributed by atoms with Crippen LogP contribution in [0.5, 0.6) is 0 Å². The van der Waals surface area contributed by atoms with Gasteiger partial charge in [0.15, 0.2) is 0 Å². The van der Waals surface area contributed by atoms with Crippen molar-refractivity contribution in [3.05, 3.63) is 71.3 Å². The maximum atomic E-state index is 13.3. The molecule has 132 valence electrons. The van der Waals surface area contributed by atoms with Crippen molar-refractivity contribution in [3.8, 4) is 0 Å². The molecule has 1 aliphatic heterocycles. The number of piperazine rings is 1. The number of carboxylic acids is 1. The Hall–Kier alpha value is -2.31. The maximum absolute atomic E-state index is 13.3. The number of halogens is 2. The van der Waals surface area contributed by atoms with Gasteiger partial charge in [-0.2, -0.15) is 0 Å². The number of carboxylic acid groups (broad SMARTS) is 1. The van der Waals surface area contributed by atoms with Gasteiger partial charge in [-0.1, -0.05) is 24.3 Å². The molecule has 6 heteroatoms. The van der Waals surface area contributed by atoms with Crippen molar-refractivity contribution < 1.29 is 18.7 Å². The van der Waals surface area contributed by atoms with Crippen LogP contribution < -0.4 is 0 Å². The smallest absolute Gasteiger partial charge is 0.317 e. The van der Waals surface area contributed by atoms with Crippen LogP contribution >= 0.6 is 0 Å². The van der Waals surface area contributed by atoms with Crippen molar-refractivity contribution in [2.24, 2.45) is 0 Å². The van der Waals surface area contributed by atoms with E-state index in [1.165, 1.54) is 24.3 Å². The Morgan fingerprint density at radius 2 is 1.32 bits per heavy atom. The number of nitrogens with zero attached hydrogens (tertiary/aromatic N) is 2. The SMILES string of the molecule is O=C(O)CN1CCN(C(c2ccc(F)cc2)c2ccc(F)cc2)CC1. The molecule has 0 spiro atoms. The highest BCUT2D eigenvalue weighted by Crippen LogP contribution is 2.30. The average Bonchev–Trinajstić information content (AvgIpc) is 2.59. The molecule has 2 aromatic carbocycles. The lowest BCUT2D eigenvalue weighted by Gasteiger charge is -2.39. The summed E-state index contributed by atoms with van der Waals surface area (Å²) in [6.45, 7) is 2.70. The van der Waals surface area contributed by atoms with Gasteiger partial charge in [0.25, 0.3) is 0 Å². The molecule has 2 aromatic rings. The second-order valence-electron chi connectivity index (χ2n) is 6.21. The summed E-state index contributed by atoms with van der Waals surface area (Å²) in [5, 5.41) is 8.92. The Morgan fingerprint density at radius 3 is 1.72 bits per heavy atom. The molecule has 0 aliphatic carbocycles. The number of hydrogen-bond donors (Lipinski definition) is 1. The van der Waals surface area contributed by atoms with Crippen LogP contribution in [0.2, 0.25) is 0 Å². The summed E-state index contributed by atoms with van der Waals surface area (Å²) in [6.07, 6.45) is 0. The number of aliphatic carboxylic acids is 1. The van der Waals surface area contributed by atoms with E-state index in [-0.39, 0.29) is 24.2 Å². The van der Waals surface area contributed by atoms with Gasteiger partial charge in [0.1, 0.15) is 11.6 Å². The molecule has 25 heavy (non-hydrogen) atoms. The lowest BCUT2D eigenvalue weighted by Crippen LogP contribution is -2.49. The fraction of sp³-hybridized carbons (Fsp3) is 0.316. The largest absolute Gasteiger partial charge is 0.480 e. The van der Waals surface area contributed by atoms with Crippen LogP contribution in [-0.4, -0.2) is 53.6 Å². The van der Waals surface area contributed by atoms with Gasteiger partial charge < -0.3 is 5.11 Å². The number of carbonyl (C=O) groups is 1. The maximum Gasteiger partial charge on any atom is 0.317 e. The monoisotopic (exact) mass is 346 g/mol. The van der Waals surface area contributed by atoms with Crippen molar-refractivity contribution in [1.82, 2.24) is 9.80 Å². The van der Waals surface area contributed by atoms with Crippen molar-refractivity contribution in [1.29, 1.82) is 0 Å². The lowest BCUT2D eigenvalue weighted by molar-refractivity contribution is -0.138. The van der Waals surface area contributed by atoms with Crippen molar-refractivity contribution >= 4 is 5.97 Å². The molecule has 0 amide bonds. The van der Waals surface area contributed by atoms with Gasteiger partial charge >= 0.3 is 5.97 Å². The Labute approximate surface area is 145 Å². The van der Waals surface area contributed by atoms with E-state index in [0.29, 0.717) is 26.2 Å². The minimum Gasteiger partial charge on any atom is -0.480 e. The van der Waals surface area contributed by atoms with Crippen LogP contribution in [0, 0.1) is 11.6 Å². The van der Waals surface area contributed by atoms with Gasteiger partial charge in [-0.05, 0) is 35.4 Å². The van der Waals surface area contributed by atoms with Crippen LogP contribution in [0.3, 0.4) is 0 Å². The summed E-state index contributed by atoms with van der Waals surface area (Å²) in [5.74, 6) is -1.43. The molecule has 0 radical (unpaired) electrons. The van der Waals surface area contributed by atoms with E-state index >= 15 is 0 Å². The predicted octanol–water partition coefficient (Wildman–Crippen LogP) is 2.76. The molecule has 0 saturated carbocycles. The molecule has 3 rings (SSSR count). The number of benzene rings is 2. The zero-order valence-electron chi connectivity index (χ0n) is 13.7. The first-order valence-corrected chi connectivity index (χ1v) is 8.22. The molecule has 0 bridgehead atoms. The summed E-state index contributed by atoms with van der Waals surface area (Å²) < 4.78 is 26.6. The molecule has 4 nitrogen and oxygen atoms in total. The van der Waals surface area contributed by atoms with E-state index in [9.17, 15) is 13.6 Å². The van der Waals surface area contributed by atoms with E-state index in [2.05, 4.69) is 4.90 Å². The van der Waals surface area contributed by atoms with Gasteiger partial charge in [0, 0.05) is 26.2 Å². The molecule has 0 unspecified atom stereocenters. The highest BCUT2D eigenvalue weighted by molar-refractivity contribution is 5.69. The van der Waals surface area contributed by atoms with E-state index < -0.39 is 5.97 Å². The van der Waals surface area contributed by atoms with Crippen LogP contribution in [-0.2, 0) is 4.79 Å². The Balaban J connectivity index is 1.83. The zero-order chi connectivity index (χ0) is 17.8. The summed E-state index contributed by atoms with van der Waals surface area (Å²) in [6, 6.07) is 12.5. The van der Waals surface area contributed by atoms with E-state index in [1.807, 2.05) is 4.90 Å². The van der Waals surface area contributed by atoms with Crippen LogP contribution in [0.15, 0.2) is 48.5 Å². The quantitative estimate of drug-likeness (QED) is 0.904. The topological polar surface area (TPSA) is 43.8 Å². The first-order chi connectivity index (χ1) is 12.0. The standard InChI is InChI=1S/C19H20F2N2O2/c20-16-5-1-14(2-6-16)19(15-3-7-17(21)8-4-15)23-11-9-22(10-12-23)13-18(24)25/h1-8,19H,9-13H2,(H,24,25). The fourth-order valence-electron chi connectivity index (χ4n) is 3.28. The third kappa shape index (κ3) is 4.41. The summed E-state index contributed by atoms with van der Waals surface area (Å²) in [7, 11) is 0. The molecule has 0 aromatic heterocycles. The predicted molar refractivity (Wildman–Crippen MR) is 90.3 cm³/mol. The molecule has 0 atom stereocenters. The van der Waals surface area contributed by atoms with Crippen molar-refractivity contribution in [2.45, 2.75) is 6.04 Å². The molecule has 1 saturated heterocycles. The van der Waals surface area contributed by atoms with E-state index in [4.69, 9.17) is 5.11 Å².